The number of nitrogens with one attached hydrogen (secondary N) is 1. The maximum Gasteiger partial charge on any atom is 0.223 e. The molecule has 4 rings (SSSR count). The number of fused-ring (bicyclic) bond motifs is 1. The lowest BCUT2D eigenvalue weighted by Crippen LogP contribution is -2.41. The minimum atomic E-state index is -0.282. The molecule has 1 N–H and O–H groups in total. The van der Waals surface area contributed by atoms with Crippen LogP contribution in [0.5, 0.6) is 11.5 Å². The topological polar surface area (TPSA) is 50.8 Å². The summed E-state index contributed by atoms with van der Waals surface area (Å²) in [6.45, 7) is 5.00. The smallest absolute Gasteiger partial charge is 0.223 e. The van der Waals surface area contributed by atoms with Gasteiger partial charge in [0.25, 0.3) is 0 Å². The first kappa shape index (κ1) is 20.9. The summed E-state index contributed by atoms with van der Waals surface area (Å²) < 4.78 is 25.2. The third-order valence-corrected chi connectivity index (χ3v) is 6.18. The lowest BCUT2D eigenvalue weighted by atomic mass is 9.94. The Morgan fingerprint density at radius 2 is 1.93 bits per heavy atom. The molecule has 30 heavy (non-hydrogen) atoms. The highest BCUT2D eigenvalue weighted by atomic mass is 35.5. The first-order chi connectivity index (χ1) is 14.5. The number of halogens is 2. The Morgan fingerprint density at radius 3 is 2.67 bits per heavy atom. The number of likely N-dealkylation sites (tertiary alicyclic amines) is 1. The van der Waals surface area contributed by atoms with Crippen LogP contribution in [0.1, 0.15) is 36.9 Å². The van der Waals surface area contributed by atoms with E-state index < -0.39 is 0 Å². The molecule has 1 atom stereocenters. The van der Waals surface area contributed by atoms with Crippen LogP contribution in [-0.2, 0) is 11.3 Å². The lowest BCUT2D eigenvalue weighted by molar-refractivity contribution is -0.127. The molecule has 160 valence electrons. The molecular weight excluding hydrogens is 407 g/mol. The summed E-state index contributed by atoms with van der Waals surface area (Å²) >= 11 is 6.14. The average molecular weight is 433 g/mol. The first-order valence-electron chi connectivity index (χ1n) is 10.4. The summed E-state index contributed by atoms with van der Waals surface area (Å²) in [6, 6.07) is 10.4. The molecule has 0 radical (unpaired) electrons. The number of hydrogen-bond acceptors (Lipinski definition) is 4. The summed E-state index contributed by atoms with van der Waals surface area (Å²) in [6.07, 6.45) is 1.48. The largest absolute Gasteiger partial charge is 0.486 e. The number of carbonyl (C=O) groups is 1. The number of ether oxygens (including phenoxy) is 2. The van der Waals surface area contributed by atoms with Gasteiger partial charge in [-0.15, -0.1) is 0 Å². The van der Waals surface area contributed by atoms with Gasteiger partial charge in [0.2, 0.25) is 5.91 Å². The van der Waals surface area contributed by atoms with Gasteiger partial charge in [-0.2, -0.15) is 0 Å². The summed E-state index contributed by atoms with van der Waals surface area (Å²) in [5.74, 6) is 1.19. The van der Waals surface area contributed by atoms with Crippen LogP contribution in [0.4, 0.5) is 4.39 Å². The molecule has 2 heterocycles. The third kappa shape index (κ3) is 4.71. The monoisotopic (exact) mass is 432 g/mol. The number of piperidine rings is 1. The van der Waals surface area contributed by atoms with Crippen LogP contribution in [0.3, 0.4) is 0 Å². The van der Waals surface area contributed by atoms with E-state index in [9.17, 15) is 9.18 Å². The quantitative estimate of drug-likeness (QED) is 0.763. The molecule has 2 aromatic carbocycles. The van der Waals surface area contributed by atoms with Crippen LogP contribution in [0.2, 0.25) is 5.02 Å². The number of amides is 1. The van der Waals surface area contributed by atoms with Crippen molar-refractivity contribution in [2.75, 3.05) is 26.3 Å². The molecule has 0 bridgehead atoms. The van der Waals surface area contributed by atoms with Gasteiger partial charge >= 0.3 is 0 Å². The van der Waals surface area contributed by atoms with Gasteiger partial charge in [-0.3, -0.25) is 9.69 Å². The highest BCUT2D eigenvalue weighted by Crippen LogP contribution is 2.33. The SMILES string of the molecule is C[C@H](NC(=O)C1CCN(Cc2c(F)cccc2Cl)CC1)c1ccc2c(c1)OCCO2. The van der Waals surface area contributed by atoms with Crippen molar-refractivity contribution in [1.82, 2.24) is 10.2 Å². The van der Waals surface area contributed by atoms with E-state index in [-0.39, 0.29) is 23.7 Å². The van der Waals surface area contributed by atoms with Gasteiger partial charge in [0.1, 0.15) is 19.0 Å². The van der Waals surface area contributed by atoms with Crippen molar-refractivity contribution < 1.29 is 18.7 Å². The Labute approximate surface area is 181 Å². The van der Waals surface area contributed by atoms with Crippen molar-refractivity contribution in [3.8, 4) is 11.5 Å². The van der Waals surface area contributed by atoms with Gasteiger partial charge in [0, 0.05) is 23.0 Å². The Morgan fingerprint density at radius 1 is 1.20 bits per heavy atom. The third-order valence-electron chi connectivity index (χ3n) is 5.83. The molecule has 2 aliphatic heterocycles. The Hall–Kier alpha value is -2.31. The number of nitrogens with zero attached hydrogens (tertiary/aromatic N) is 1. The number of hydrogen-bond donors (Lipinski definition) is 1. The molecular formula is C23H26ClFN2O3. The zero-order valence-corrected chi connectivity index (χ0v) is 17.8. The summed E-state index contributed by atoms with van der Waals surface area (Å²) in [5, 5.41) is 3.57. The highest BCUT2D eigenvalue weighted by Gasteiger charge is 2.27. The van der Waals surface area contributed by atoms with Crippen LogP contribution < -0.4 is 14.8 Å². The van der Waals surface area contributed by atoms with E-state index >= 15 is 0 Å². The minimum absolute atomic E-state index is 0.0444. The average Bonchev–Trinajstić information content (AvgIpc) is 2.76. The lowest BCUT2D eigenvalue weighted by Gasteiger charge is -2.32. The van der Waals surface area contributed by atoms with Gasteiger partial charge in [-0.1, -0.05) is 23.7 Å². The van der Waals surface area contributed by atoms with Crippen molar-refractivity contribution in [2.24, 2.45) is 5.92 Å². The standard InChI is InChI=1S/C23H26ClFN2O3/c1-15(17-5-6-21-22(13-17)30-12-11-29-21)26-23(28)16-7-9-27(10-8-16)14-18-19(24)3-2-4-20(18)25/h2-6,13,15-16H,7-12,14H2,1H3,(H,26,28)/t15-/m0/s1. The van der Waals surface area contributed by atoms with Crippen LogP contribution in [0, 0.1) is 11.7 Å². The fraction of sp³-hybridized carbons (Fsp3) is 0.435. The Balaban J connectivity index is 1.30. The second-order valence-corrected chi connectivity index (χ2v) is 8.29. The van der Waals surface area contributed by atoms with Crippen molar-refractivity contribution in [1.29, 1.82) is 0 Å². The molecule has 1 fully saturated rings. The van der Waals surface area contributed by atoms with E-state index in [4.69, 9.17) is 21.1 Å². The maximum atomic E-state index is 14.0. The molecule has 0 spiro atoms. The fourth-order valence-corrected chi connectivity index (χ4v) is 4.23. The minimum Gasteiger partial charge on any atom is -0.486 e. The van der Waals surface area contributed by atoms with Gasteiger partial charge in [0.05, 0.1) is 6.04 Å². The second kappa shape index (κ2) is 9.23. The van der Waals surface area contributed by atoms with Gasteiger partial charge < -0.3 is 14.8 Å². The van der Waals surface area contributed by atoms with E-state index in [1.165, 1.54) is 6.07 Å². The Bertz CT molecular complexity index is 895. The van der Waals surface area contributed by atoms with E-state index in [1.54, 1.807) is 12.1 Å². The molecule has 1 amide bonds. The first-order valence-corrected chi connectivity index (χ1v) is 10.7. The fourth-order valence-electron chi connectivity index (χ4n) is 4.00. The van der Waals surface area contributed by atoms with Crippen LogP contribution >= 0.6 is 11.6 Å². The molecule has 0 aliphatic carbocycles. The second-order valence-electron chi connectivity index (χ2n) is 7.88. The summed E-state index contributed by atoms with van der Waals surface area (Å²) in [4.78, 5) is 14.9. The van der Waals surface area contributed by atoms with Gasteiger partial charge in [-0.05, 0) is 62.7 Å². The molecule has 2 aliphatic rings. The van der Waals surface area contributed by atoms with Gasteiger partial charge in [0.15, 0.2) is 11.5 Å². The molecule has 2 aromatic rings. The zero-order chi connectivity index (χ0) is 21.1. The number of benzene rings is 2. The predicted molar refractivity (Wildman–Crippen MR) is 113 cm³/mol. The van der Waals surface area contributed by atoms with Crippen LogP contribution in [-0.4, -0.2) is 37.1 Å². The Kier molecular flexibility index (Phi) is 6.44. The highest BCUT2D eigenvalue weighted by molar-refractivity contribution is 6.31. The number of carbonyl (C=O) groups excluding carboxylic acids is 1. The van der Waals surface area contributed by atoms with Gasteiger partial charge in [-0.25, -0.2) is 4.39 Å². The molecule has 1 saturated heterocycles. The molecule has 5 nitrogen and oxygen atoms in total. The van der Waals surface area contributed by atoms with Crippen LogP contribution in [0.25, 0.3) is 0 Å². The normalized spacial score (nSPS) is 18.1. The van der Waals surface area contributed by atoms with Crippen molar-refractivity contribution >= 4 is 17.5 Å². The van der Waals surface area contributed by atoms with Crippen molar-refractivity contribution in [2.45, 2.75) is 32.4 Å². The van der Waals surface area contributed by atoms with E-state index in [1.807, 2.05) is 25.1 Å². The predicted octanol–water partition coefficient (Wildman–Crippen LogP) is 4.34. The van der Waals surface area contributed by atoms with Crippen molar-refractivity contribution in [3.63, 3.8) is 0 Å². The van der Waals surface area contributed by atoms with E-state index in [0.717, 1.165) is 43.0 Å². The van der Waals surface area contributed by atoms with E-state index in [0.29, 0.717) is 30.3 Å². The zero-order valence-electron chi connectivity index (χ0n) is 17.0. The molecule has 0 aromatic heterocycles. The summed E-state index contributed by atoms with van der Waals surface area (Å²) in [5.41, 5.74) is 1.51. The van der Waals surface area contributed by atoms with Crippen molar-refractivity contribution in [3.05, 3.63) is 58.4 Å². The number of rotatable bonds is 5. The van der Waals surface area contributed by atoms with Crippen LogP contribution in [0.15, 0.2) is 36.4 Å². The molecule has 0 unspecified atom stereocenters. The maximum absolute atomic E-state index is 14.0. The summed E-state index contributed by atoms with van der Waals surface area (Å²) in [7, 11) is 0. The molecule has 7 heteroatoms. The van der Waals surface area contributed by atoms with E-state index in [2.05, 4.69) is 10.2 Å². The molecule has 0 saturated carbocycles.